The van der Waals surface area contributed by atoms with Crippen LogP contribution in [-0.4, -0.2) is 271 Å². The lowest BCUT2D eigenvalue weighted by atomic mass is 9.85. The lowest BCUT2D eigenvalue weighted by Gasteiger charge is -2.43. The predicted octanol–water partition coefficient (Wildman–Crippen LogP) is 7.32. The number of aliphatic hydroxyl groups is 1. The molecule has 87 heavy (non-hydrogen) atoms. The average molecular weight is 1230 g/mol. The molecule has 6 N–H and O–H groups in total. The second kappa shape index (κ2) is 37.4. The zero-order chi connectivity index (χ0) is 63.8. The minimum absolute atomic E-state index is 0.0721. The van der Waals surface area contributed by atoms with Crippen LogP contribution in [0.15, 0.2) is 42.7 Å². The molecule has 500 valence electrons. The number of aromatic nitrogens is 2. The first-order chi connectivity index (χ1) is 41.2. The number of Topliss-reactive ketones (excluding diaryl/α,β-unsaturated/α-hetero) is 1. The number of rotatable bonds is 9. The molecule has 1 spiro atoms. The summed E-state index contributed by atoms with van der Waals surface area (Å²) in [7, 11) is 2.19. The number of alkyl halides is 3. The van der Waals surface area contributed by atoms with E-state index >= 15 is 0 Å². The molecule has 0 aliphatic carbocycles. The second-order valence-electron chi connectivity index (χ2n) is 27.3. The number of anilines is 2. The van der Waals surface area contributed by atoms with Crippen molar-refractivity contribution in [3.8, 4) is 0 Å². The summed E-state index contributed by atoms with van der Waals surface area (Å²) in [6, 6.07) is 13.9. The first-order valence-corrected chi connectivity index (χ1v) is 33.5. The van der Waals surface area contributed by atoms with Crippen LogP contribution in [0.1, 0.15) is 141 Å². The fraction of sp³-hybridized carbons (Fsp3) is 0.833. The Balaban J connectivity index is 0.000000186. The predicted molar refractivity (Wildman–Crippen MR) is 350 cm³/mol. The van der Waals surface area contributed by atoms with Gasteiger partial charge in [-0.1, -0.05) is 6.07 Å². The monoisotopic (exact) mass is 1230 g/mol. The molecular weight excluding hydrogens is 1110 g/mol. The second-order valence-corrected chi connectivity index (χ2v) is 27.3. The highest BCUT2D eigenvalue weighted by atomic mass is 19.4. The van der Waals surface area contributed by atoms with Crippen molar-refractivity contribution >= 4 is 17.4 Å². The lowest BCUT2D eigenvalue weighted by molar-refractivity contribution is -0.137. The number of aliphatic hydroxyl groups excluding tert-OH is 1. The fourth-order valence-electron chi connectivity index (χ4n) is 12.7. The summed E-state index contributed by atoms with van der Waals surface area (Å²) in [5, 5.41) is 26.1. The molecule has 9 aliphatic heterocycles. The Kier molecular flexibility index (Phi) is 32.0. The number of ketones is 1. The number of piperidine rings is 3. The fourth-order valence-corrected chi connectivity index (χ4v) is 12.7. The van der Waals surface area contributed by atoms with E-state index in [1.807, 2.05) is 32.0 Å². The molecule has 9 saturated heterocycles. The largest absolute Gasteiger partial charge is 0.417 e. The van der Waals surface area contributed by atoms with Gasteiger partial charge < -0.3 is 51.0 Å². The molecule has 0 saturated carbocycles. The summed E-state index contributed by atoms with van der Waals surface area (Å²) in [6.45, 7) is 51.4. The van der Waals surface area contributed by atoms with Crippen molar-refractivity contribution in [3.63, 3.8) is 0 Å². The van der Waals surface area contributed by atoms with Crippen LogP contribution in [0.25, 0.3) is 0 Å². The number of carbonyl (C=O) groups is 1. The minimum Gasteiger partial charge on any atom is -0.392 e. The summed E-state index contributed by atoms with van der Waals surface area (Å²) >= 11 is 0. The smallest absolute Gasteiger partial charge is 0.392 e. The number of fused-ring (bicyclic) bond motifs is 3. The Hall–Kier alpha value is -3.16. The zero-order valence-electron chi connectivity index (χ0n) is 56.6. The highest BCUT2D eigenvalue weighted by Gasteiger charge is 2.44. The molecule has 0 bridgehead atoms. The molecule has 9 fully saturated rings. The number of hydrogen-bond donors (Lipinski definition) is 6. The van der Waals surface area contributed by atoms with Gasteiger partial charge in [0, 0.05) is 190 Å². The van der Waals surface area contributed by atoms with Crippen molar-refractivity contribution in [2.45, 2.75) is 226 Å². The Bertz CT molecular complexity index is 2100. The Morgan fingerprint density at radius 2 is 1.09 bits per heavy atom. The average Bonchev–Trinajstić information content (AvgIpc) is 2.08. The van der Waals surface area contributed by atoms with E-state index in [0.717, 1.165) is 128 Å². The Morgan fingerprint density at radius 3 is 1.53 bits per heavy atom. The van der Waals surface area contributed by atoms with Crippen molar-refractivity contribution < 1.29 is 32.5 Å². The normalized spacial score (nSPS) is 26.6. The molecule has 0 radical (unpaired) electrons. The van der Waals surface area contributed by atoms with E-state index in [1.54, 1.807) is 6.20 Å². The van der Waals surface area contributed by atoms with E-state index in [2.05, 4.69) is 161 Å². The number of pyridine rings is 2. The number of carbonyl (C=O) groups excluding carboxylic acids is 1. The van der Waals surface area contributed by atoms with Gasteiger partial charge in [-0.3, -0.25) is 29.3 Å². The van der Waals surface area contributed by atoms with Crippen LogP contribution in [0.3, 0.4) is 0 Å². The van der Waals surface area contributed by atoms with Crippen LogP contribution in [0.2, 0.25) is 0 Å². The summed E-state index contributed by atoms with van der Waals surface area (Å²) in [5.74, 6) is 1.84. The first-order valence-electron chi connectivity index (χ1n) is 33.5. The van der Waals surface area contributed by atoms with Gasteiger partial charge in [-0.15, -0.1) is 0 Å². The third kappa shape index (κ3) is 25.8. The van der Waals surface area contributed by atoms with Gasteiger partial charge >= 0.3 is 6.18 Å². The van der Waals surface area contributed by atoms with E-state index in [-0.39, 0.29) is 17.7 Å². The lowest BCUT2D eigenvalue weighted by Crippen LogP contribution is -2.59. The molecule has 2 aromatic heterocycles. The van der Waals surface area contributed by atoms with Gasteiger partial charge in [-0.25, -0.2) is 9.97 Å². The summed E-state index contributed by atoms with van der Waals surface area (Å²) < 4.78 is 47.8. The van der Waals surface area contributed by atoms with Gasteiger partial charge in [0.05, 0.1) is 42.6 Å². The molecule has 9 aliphatic rings. The quantitative estimate of drug-likeness (QED) is 0.148. The van der Waals surface area contributed by atoms with Gasteiger partial charge in [-0.05, 0) is 160 Å². The van der Waals surface area contributed by atoms with E-state index in [0.29, 0.717) is 72.1 Å². The molecule has 21 heteroatoms. The van der Waals surface area contributed by atoms with Crippen LogP contribution in [-0.2, 0) is 20.4 Å². The summed E-state index contributed by atoms with van der Waals surface area (Å²) in [4.78, 5) is 36.9. The van der Waals surface area contributed by atoms with Crippen molar-refractivity contribution in [1.29, 1.82) is 0 Å². The number of ether oxygens (including phenoxy) is 2. The number of likely N-dealkylation sites (tertiary alicyclic amines) is 3. The van der Waals surface area contributed by atoms with Gasteiger partial charge in [-0.2, -0.15) is 13.2 Å². The maximum Gasteiger partial charge on any atom is 0.417 e. The molecule has 0 amide bonds. The van der Waals surface area contributed by atoms with Gasteiger partial charge in [0.2, 0.25) is 0 Å². The Labute approximate surface area is 524 Å². The SMILES string of the molecule is CC(C)N1CCC2(CC1)NCCC2=O.CC(C)N1CCN(C)CC1.CC(C)N1CCN2C[C@H](O)C[C@H]2C1.CC(C)N1CC[C@@H]2OCCN[C@H]2C1.CC(C)N1CC[C@H]2OCCN[C@@H]2C1.CC(C)Nc1ccc(C(F)(F)F)cn1.CC(C)Nc1ccccn1. The van der Waals surface area contributed by atoms with Crippen molar-refractivity contribution in [1.82, 2.24) is 60.2 Å². The van der Waals surface area contributed by atoms with Crippen LogP contribution in [0, 0.1) is 0 Å². The molecule has 2 aromatic rings. The zero-order valence-corrected chi connectivity index (χ0v) is 56.6. The van der Waals surface area contributed by atoms with Crippen LogP contribution >= 0.6 is 0 Å². The number of likely N-dealkylation sites (N-methyl/N-ethyl adjacent to an activating group) is 1. The van der Waals surface area contributed by atoms with E-state index in [4.69, 9.17) is 9.47 Å². The minimum atomic E-state index is -4.32. The van der Waals surface area contributed by atoms with Crippen molar-refractivity contribution in [3.05, 3.63) is 48.3 Å². The molecule has 0 aromatic carbocycles. The summed E-state index contributed by atoms with van der Waals surface area (Å²) in [6.07, 6.45) is 5.27. The number of nitrogens with one attached hydrogen (secondary N) is 5. The number of morpholine rings is 2. The number of halogens is 3. The third-order valence-electron chi connectivity index (χ3n) is 18.3. The Morgan fingerprint density at radius 1 is 0.598 bits per heavy atom. The third-order valence-corrected chi connectivity index (χ3v) is 18.3. The topological polar surface area (TPSA) is 164 Å². The van der Waals surface area contributed by atoms with Gasteiger partial charge in [0.1, 0.15) is 11.6 Å². The molecule has 18 nitrogen and oxygen atoms in total. The molecule has 11 rings (SSSR count). The number of piperazine rings is 2. The van der Waals surface area contributed by atoms with E-state index < -0.39 is 11.7 Å². The summed E-state index contributed by atoms with van der Waals surface area (Å²) in [5.41, 5.74) is -0.863. The van der Waals surface area contributed by atoms with E-state index in [1.165, 1.54) is 64.7 Å². The maximum absolute atomic E-state index is 12.1. The number of hydrogen-bond acceptors (Lipinski definition) is 18. The van der Waals surface area contributed by atoms with Crippen molar-refractivity contribution in [2.24, 2.45) is 0 Å². The highest BCUT2D eigenvalue weighted by Crippen LogP contribution is 2.30. The molecular formula is C66H121F3N14O4. The molecule has 0 unspecified atom stereocenters. The van der Waals surface area contributed by atoms with Crippen LogP contribution in [0.4, 0.5) is 24.8 Å². The van der Waals surface area contributed by atoms with Crippen LogP contribution < -0.4 is 26.6 Å². The van der Waals surface area contributed by atoms with Gasteiger partial charge in [0.15, 0.2) is 5.78 Å². The molecule has 11 heterocycles. The number of nitrogens with zero attached hydrogens (tertiary/aromatic N) is 9. The first kappa shape index (κ1) is 74.6. The van der Waals surface area contributed by atoms with Crippen molar-refractivity contribution in [2.75, 3.05) is 142 Å². The maximum atomic E-state index is 12.1. The van der Waals surface area contributed by atoms with Gasteiger partial charge in [0.25, 0.3) is 0 Å². The highest BCUT2D eigenvalue weighted by molar-refractivity contribution is 5.90. The molecule has 6 atom stereocenters. The standard InChI is InChI=1S/C11H20N2O.3C10H20N2O.C9H11F3N2.C8H18N2.C8H12N2/c1-9(2)13-7-4-11(5-8-13)10(14)3-6-12-11;2*1-8(2)12-5-3-10-9(7-12)11-4-6-13-10;1-8(2)11-3-4-12-7-10(13)5-9(12)6-11;1-6(2)14-8-4-3-7(5-13-8)9(10,11)12;1-8(2)10-6-4-9(3)5-7-10;1-7(2)10-8-5-3-4-6-9-8/h9,12H,3-8H2,1-2H3;2*8-11H,3-7H2,1-2H3;8-10,13H,3-7H2,1-2H3;3-6H,1-2H3,(H,13,14);8H,4-7H2,1-3H3;3-7H,1-2H3,(H,9,10)/t;2*9-,10-;9-,10+;;;/m.100.../s1. The van der Waals surface area contributed by atoms with E-state index in [9.17, 15) is 23.1 Å². The van der Waals surface area contributed by atoms with Crippen LogP contribution in [0.5, 0.6) is 0 Å².